The van der Waals surface area contributed by atoms with E-state index in [1.54, 1.807) is 24.2 Å². The molecule has 0 spiro atoms. The minimum atomic E-state index is 0.0178. The second-order valence-electron chi connectivity index (χ2n) is 5.11. The fourth-order valence-corrected chi connectivity index (χ4v) is 2.65. The summed E-state index contributed by atoms with van der Waals surface area (Å²) in [7, 11) is 1.65. The summed E-state index contributed by atoms with van der Waals surface area (Å²) in [5.74, 6) is 0.840. The highest BCUT2D eigenvalue weighted by molar-refractivity contribution is 5.94. The summed E-state index contributed by atoms with van der Waals surface area (Å²) in [6, 6.07) is 5.83. The molecule has 3 rings (SSSR count). The molecule has 0 atom stereocenters. The molecular formula is C15H18N4O2. The molecule has 6 heteroatoms. The Labute approximate surface area is 123 Å². The number of carbonyl (C=O) groups excluding carboxylic acids is 1. The van der Waals surface area contributed by atoms with Crippen LogP contribution in [0.4, 0.5) is 11.4 Å². The average molecular weight is 286 g/mol. The summed E-state index contributed by atoms with van der Waals surface area (Å²) >= 11 is 0. The molecule has 0 radical (unpaired) electrons. The van der Waals surface area contributed by atoms with Gasteiger partial charge in [0.15, 0.2) is 0 Å². The van der Waals surface area contributed by atoms with Crippen LogP contribution in [0.1, 0.15) is 12.0 Å². The zero-order valence-electron chi connectivity index (χ0n) is 12.0. The first kappa shape index (κ1) is 13.5. The Kier molecular flexibility index (Phi) is 3.51. The largest absolute Gasteiger partial charge is 0.497 e. The Bertz CT molecular complexity index is 665. The monoisotopic (exact) mass is 286 g/mol. The third-order valence-electron chi connectivity index (χ3n) is 3.66. The summed E-state index contributed by atoms with van der Waals surface area (Å²) in [6.07, 6.45) is 5.12. The molecule has 2 N–H and O–H groups in total. The van der Waals surface area contributed by atoms with Gasteiger partial charge in [-0.25, -0.2) is 0 Å². The molecule has 0 bridgehead atoms. The number of hydrogen-bond donors (Lipinski definition) is 1. The van der Waals surface area contributed by atoms with E-state index in [0.717, 1.165) is 36.4 Å². The zero-order chi connectivity index (χ0) is 14.8. The lowest BCUT2D eigenvalue weighted by molar-refractivity contribution is -0.119. The quantitative estimate of drug-likeness (QED) is 0.927. The number of aromatic nitrogens is 2. The van der Waals surface area contributed by atoms with Gasteiger partial charge in [-0.2, -0.15) is 5.10 Å². The van der Waals surface area contributed by atoms with Crippen molar-refractivity contribution in [2.24, 2.45) is 0 Å². The molecule has 1 aliphatic heterocycles. The normalized spacial score (nSPS) is 13.9. The van der Waals surface area contributed by atoms with E-state index in [4.69, 9.17) is 10.5 Å². The first-order valence-corrected chi connectivity index (χ1v) is 6.92. The number of aryl methyl sites for hydroxylation is 1. The second kappa shape index (κ2) is 5.47. The molecule has 0 saturated carbocycles. The number of ether oxygens (including phenoxy) is 1. The van der Waals surface area contributed by atoms with Crippen molar-refractivity contribution < 1.29 is 9.53 Å². The van der Waals surface area contributed by atoms with E-state index in [1.807, 2.05) is 23.1 Å². The van der Waals surface area contributed by atoms with Crippen LogP contribution in [0.25, 0.3) is 0 Å². The SMILES string of the molecule is COc1ccc2c(c1)CCCN2C(=O)Cn1cc(N)cn1. The molecule has 2 aromatic rings. The van der Waals surface area contributed by atoms with Crippen molar-refractivity contribution >= 4 is 17.3 Å². The summed E-state index contributed by atoms with van der Waals surface area (Å²) in [4.78, 5) is 14.3. The van der Waals surface area contributed by atoms with Gasteiger partial charge < -0.3 is 15.4 Å². The third kappa shape index (κ3) is 2.69. The standard InChI is InChI=1S/C15H18N4O2/c1-21-13-4-5-14-11(7-13)3-2-6-19(14)15(20)10-18-9-12(16)8-17-18/h4-5,7-9H,2-3,6,10,16H2,1H3. The smallest absolute Gasteiger partial charge is 0.248 e. The molecule has 1 amide bonds. The Hall–Kier alpha value is -2.50. The van der Waals surface area contributed by atoms with Crippen LogP contribution in [0.5, 0.6) is 5.75 Å². The van der Waals surface area contributed by atoms with Crippen LogP contribution in [0, 0.1) is 0 Å². The molecule has 0 unspecified atom stereocenters. The Morgan fingerprint density at radius 1 is 1.48 bits per heavy atom. The van der Waals surface area contributed by atoms with Gasteiger partial charge in [0.2, 0.25) is 5.91 Å². The number of carbonyl (C=O) groups is 1. The van der Waals surface area contributed by atoms with Crippen LogP contribution in [0.3, 0.4) is 0 Å². The maximum atomic E-state index is 12.5. The highest BCUT2D eigenvalue weighted by Gasteiger charge is 2.23. The number of nitrogens with two attached hydrogens (primary N) is 1. The van der Waals surface area contributed by atoms with E-state index in [-0.39, 0.29) is 12.5 Å². The van der Waals surface area contributed by atoms with Crippen LogP contribution < -0.4 is 15.4 Å². The first-order chi connectivity index (χ1) is 10.2. The third-order valence-corrected chi connectivity index (χ3v) is 3.66. The van der Waals surface area contributed by atoms with E-state index < -0.39 is 0 Å². The number of nitrogen functional groups attached to an aromatic ring is 1. The van der Waals surface area contributed by atoms with Crippen molar-refractivity contribution in [3.63, 3.8) is 0 Å². The number of anilines is 2. The number of nitrogens with zero attached hydrogens (tertiary/aromatic N) is 3. The van der Waals surface area contributed by atoms with Gasteiger partial charge in [-0.15, -0.1) is 0 Å². The molecule has 0 fully saturated rings. The highest BCUT2D eigenvalue weighted by Crippen LogP contribution is 2.30. The summed E-state index contributed by atoms with van der Waals surface area (Å²) < 4.78 is 6.81. The number of methoxy groups -OCH3 is 1. The van der Waals surface area contributed by atoms with Crippen LogP contribution in [0.2, 0.25) is 0 Å². The zero-order valence-corrected chi connectivity index (χ0v) is 12.0. The van der Waals surface area contributed by atoms with Gasteiger partial charge in [0.05, 0.1) is 19.0 Å². The van der Waals surface area contributed by atoms with Gasteiger partial charge in [0.1, 0.15) is 12.3 Å². The molecule has 110 valence electrons. The van der Waals surface area contributed by atoms with Crippen LogP contribution in [-0.4, -0.2) is 29.3 Å². The topological polar surface area (TPSA) is 73.4 Å². The number of amides is 1. The van der Waals surface area contributed by atoms with Crippen molar-refractivity contribution in [3.8, 4) is 5.75 Å². The summed E-state index contributed by atoms with van der Waals surface area (Å²) in [5.41, 5.74) is 8.29. The number of hydrogen-bond acceptors (Lipinski definition) is 4. The van der Waals surface area contributed by atoms with Crippen molar-refractivity contribution in [1.29, 1.82) is 0 Å². The number of fused-ring (bicyclic) bond motifs is 1. The van der Waals surface area contributed by atoms with Crippen molar-refractivity contribution in [1.82, 2.24) is 9.78 Å². The van der Waals surface area contributed by atoms with E-state index in [1.165, 1.54) is 0 Å². The average Bonchev–Trinajstić information content (AvgIpc) is 2.91. The molecule has 1 aromatic heterocycles. The van der Waals surface area contributed by atoms with Gasteiger partial charge in [-0.3, -0.25) is 9.48 Å². The van der Waals surface area contributed by atoms with Crippen molar-refractivity contribution in [2.75, 3.05) is 24.3 Å². The van der Waals surface area contributed by atoms with E-state index in [2.05, 4.69) is 5.10 Å². The summed E-state index contributed by atoms with van der Waals surface area (Å²) in [6.45, 7) is 0.928. The minimum absolute atomic E-state index is 0.0178. The fourth-order valence-electron chi connectivity index (χ4n) is 2.65. The molecule has 1 aliphatic rings. The predicted octanol–water partition coefficient (Wildman–Crippen LogP) is 1.45. The molecule has 0 saturated heterocycles. The van der Waals surface area contributed by atoms with E-state index >= 15 is 0 Å². The highest BCUT2D eigenvalue weighted by atomic mass is 16.5. The molecule has 1 aromatic carbocycles. The van der Waals surface area contributed by atoms with Gasteiger partial charge in [-0.1, -0.05) is 0 Å². The molecule has 21 heavy (non-hydrogen) atoms. The molecule has 0 aliphatic carbocycles. The lowest BCUT2D eigenvalue weighted by Gasteiger charge is -2.29. The van der Waals surface area contributed by atoms with E-state index in [9.17, 15) is 4.79 Å². The Balaban J connectivity index is 1.82. The van der Waals surface area contributed by atoms with Crippen LogP contribution >= 0.6 is 0 Å². The minimum Gasteiger partial charge on any atom is -0.497 e. The lowest BCUT2D eigenvalue weighted by atomic mass is 10.0. The van der Waals surface area contributed by atoms with Crippen molar-refractivity contribution in [2.45, 2.75) is 19.4 Å². The lowest BCUT2D eigenvalue weighted by Crippen LogP contribution is -2.37. The second-order valence-corrected chi connectivity index (χ2v) is 5.11. The predicted molar refractivity (Wildman–Crippen MR) is 80.3 cm³/mol. The number of benzene rings is 1. The van der Waals surface area contributed by atoms with Gasteiger partial charge in [0, 0.05) is 18.4 Å². The molecule has 2 heterocycles. The van der Waals surface area contributed by atoms with Gasteiger partial charge in [0.25, 0.3) is 0 Å². The van der Waals surface area contributed by atoms with Crippen molar-refractivity contribution in [3.05, 3.63) is 36.2 Å². The molecular weight excluding hydrogens is 268 g/mol. The fraction of sp³-hybridized carbons (Fsp3) is 0.333. The first-order valence-electron chi connectivity index (χ1n) is 6.92. The Morgan fingerprint density at radius 2 is 2.33 bits per heavy atom. The van der Waals surface area contributed by atoms with Gasteiger partial charge in [-0.05, 0) is 36.6 Å². The van der Waals surface area contributed by atoms with Crippen LogP contribution in [0.15, 0.2) is 30.6 Å². The molecule has 6 nitrogen and oxygen atoms in total. The van der Waals surface area contributed by atoms with E-state index in [0.29, 0.717) is 5.69 Å². The summed E-state index contributed by atoms with van der Waals surface area (Å²) in [5, 5.41) is 4.06. The Morgan fingerprint density at radius 3 is 3.05 bits per heavy atom. The maximum absolute atomic E-state index is 12.5. The number of rotatable bonds is 3. The van der Waals surface area contributed by atoms with Gasteiger partial charge >= 0.3 is 0 Å². The maximum Gasteiger partial charge on any atom is 0.248 e. The van der Waals surface area contributed by atoms with Crippen LogP contribution in [-0.2, 0) is 17.8 Å².